The zero-order valence-corrected chi connectivity index (χ0v) is 14.1. The summed E-state index contributed by atoms with van der Waals surface area (Å²) in [6.07, 6.45) is 0. The molecule has 2 N–H and O–H groups in total. The summed E-state index contributed by atoms with van der Waals surface area (Å²) in [7, 11) is -3.94. The number of sulfonamides is 1. The lowest BCUT2D eigenvalue weighted by Crippen LogP contribution is -2.42. The van der Waals surface area contributed by atoms with Crippen molar-refractivity contribution in [1.82, 2.24) is 0 Å². The molecular weight excluding hydrogens is 342 g/mol. The number of anilines is 3. The van der Waals surface area contributed by atoms with Crippen LogP contribution < -0.4 is 14.9 Å². The first-order valence-electron chi connectivity index (χ1n) is 7.74. The Morgan fingerprint density at radius 2 is 1.80 bits per heavy atom. The van der Waals surface area contributed by atoms with E-state index in [0.29, 0.717) is 22.6 Å². The molecule has 0 aliphatic carbocycles. The van der Waals surface area contributed by atoms with Crippen molar-refractivity contribution >= 4 is 38.9 Å². The van der Waals surface area contributed by atoms with Crippen LogP contribution in [0.2, 0.25) is 0 Å². The van der Waals surface area contributed by atoms with Crippen molar-refractivity contribution in [2.75, 3.05) is 21.5 Å². The second kappa shape index (κ2) is 5.32. The third-order valence-corrected chi connectivity index (χ3v) is 6.22. The Labute approximate surface area is 144 Å². The maximum Gasteiger partial charge on any atom is 0.264 e. The Morgan fingerprint density at radius 1 is 1.04 bits per heavy atom. The average molecular weight is 357 g/mol. The Balaban J connectivity index is 1.82. The molecule has 2 heterocycles. The number of hydrogen-bond acceptors (Lipinski definition) is 4. The van der Waals surface area contributed by atoms with Gasteiger partial charge in [0, 0.05) is 5.69 Å². The minimum atomic E-state index is -3.94. The van der Waals surface area contributed by atoms with E-state index in [1.807, 2.05) is 0 Å². The standard InChI is InChI=1S/C17H15N3O4S/c1-10-12-8-11(6-7-13(12)19-17(10)22)25(23,24)20-9-16(21)18-14-4-2-3-5-15(14)20/h2-8,10H,9H2,1H3,(H,18,21)(H,19,22)/t10-/m0/s1. The van der Waals surface area contributed by atoms with Crippen molar-refractivity contribution in [2.24, 2.45) is 0 Å². The summed E-state index contributed by atoms with van der Waals surface area (Å²) in [5.41, 5.74) is 2.13. The molecule has 8 heteroatoms. The Bertz CT molecular complexity index is 1020. The lowest BCUT2D eigenvalue weighted by Gasteiger charge is -2.30. The van der Waals surface area contributed by atoms with Crippen LogP contribution >= 0.6 is 0 Å². The predicted molar refractivity (Wildman–Crippen MR) is 93.1 cm³/mol. The Kier molecular flexibility index (Phi) is 3.33. The van der Waals surface area contributed by atoms with Crippen LogP contribution in [0.3, 0.4) is 0 Å². The minimum absolute atomic E-state index is 0.0547. The molecule has 2 amide bonds. The van der Waals surface area contributed by atoms with Gasteiger partial charge < -0.3 is 10.6 Å². The lowest BCUT2D eigenvalue weighted by atomic mass is 10.0. The third-order valence-electron chi connectivity index (χ3n) is 4.46. The van der Waals surface area contributed by atoms with Crippen LogP contribution in [0.25, 0.3) is 0 Å². The van der Waals surface area contributed by atoms with Gasteiger partial charge in [0.15, 0.2) is 0 Å². The van der Waals surface area contributed by atoms with Crippen LogP contribution in [0.4, 0.5) is 17.1 Å². The maximum atomic E-state index is 13.1. The summed E-state index contributed by atoms with van der Waals surface area (Å²) in [5, 5.41) is 5.38. The fourth-order valence-corrected chi connectivity index (χ4v) is 4.58. The van der Waals surface area contributed by atoms with Crippen molar-refractivity contribution in [1.29, 1.82) is 0 Å². The lowest BCUT2D eigenvalue weighted by molar-refractivity contribution is -0.117. The zero-order chi connectivity index (χ0) is 17.8. The predicted octanol–water partition coefficient (Wildman–Crippen LogP) is 1.89. The molecule has 4 rings (SSSR count). The second-order valence-electron chi connectivity index (χ2n) is 6.04. The molecule has 2 aliphatic rings. The van der Waals surface area contributed by atoms with Crippen molar-refractivity contribution in [2.45, 2.75) is 17.7 Å². The van der Waals surface area contributed by atoms with Gasteiger partial charge in [0.1, 0.15) is 6.54 Å². The van der Waals surface area contributed by atoms with Gasteiger partial charge in [-0.2, -0.15) is 0 Å². The number of para-hydroxylation sites is 2. The molecule has 0 aromatic heterocycles. The van der Waals surface area contributed by atoms with E-state index in [-0.39, 0.29) is 17.3 Å². The molecule has 25 heavy (non-hydrogen) atoms. The topological polar surface area (TPSA) is 95.6 Å². The fourth-order valence-electron chi connectivity index (χ4n) is 3.10. The highest BCUT2D eigenvalue weighted by Gasteiger charge is 2.34. The molecular formula is C17H15N3O4S. The van der Waals surface area contributed by atoms with Gasteiger partial charge in [-0.1, -0.05) is 12.1 Å². The van der Waals surface area contributed by atoms with Gasteiger partial charge >= 0.3 is 0 Å². The van der Waals surface area contributed by atoms with Crippen molar-refractivity contribution in [3.8, 4) is 0 Å². The smallest absolute Gasteiger partial charge is 0.264 e. The first-order valence-corrected chi connectivity index (χ1v) is 9.18. The van der Waals surface area contributed by atoms with E-state index in [2.05, 4.69) is 10.6 Å². The quantitative estimate of drug-likeness (QED) is 0.858. The van der Waals surface area contributed by atoms with Gasteiger partial charge in [0.2, 0.25) is 11.8 Å². The highest BCUT2D eigenvalue weighted by Crippen LogP contribution is 2.37. The summed E-state index contributed by atoms with van der Waals surface area (Å²) in [5.74, 6) is -0.969. The number of rotatable bonds is 2. The van der Waals surface area contributed by atoms with E-state index in [9.17, 15) is 18.0 Å². The van der Waals surface area contributed by atoms with Crippen LogP contribution in [-0.4, -0.2) is 26.8 Å². The number of carbonyl (C=O) groups is 2. The molecule has 0 unspecified atom stereocenters. The zero-order valence-electron chi connectivity index (χ0n) is 13.3. The molecule has 0 saturated carbocycles. The Hall–Kier alpha value is -2.87. The van der Waals surface area contributed by atoms with Gasteiger partial charge in [-0.25, -0.2) is 8.42 Å². The van der Waals surface area contributed by atoms with Gasteiger partial charge in [-0.3, -0.25) is 13.9 Å². The number of amides is 2. The first kappa shape index (κ1) is 15.6. The number of hydrogen-bond donors (Lipinski definition) is 2. The molecule has 0 saturated heterocycles. The van der Waals surface area contributed by atoms with Crippen LogP contribution in [-0.2, 0) is 19.6 Å². The monoisotopic (exact) mass is 357 g/mol. The van der Waals surface area contributed by atoms with E-state index in [0.717, 1.165) is 4.31 Å². The van der Waals surface area contributed by atoms with Crippen molar-refractivity contribution in [3.05, 3.63) is 48.0 Å². The van der Waals surface area contributed by atoms with Crippen LogP contribution in [0.15, 0.2) is 47.4 Å². The molecule has 1 atom stereocenters. The fraction of sp³-hybridized carbons (Fsp3) is 0.176. The molecule has 0 radical (unpaired) electrons. The van der Waals surface area contributed by atoms with E-state index < -0.39 is 21.8 Å². The molecule has 0 spiro atoms. The maximum absolute atomic E-state index is 13.1. The summed E-state index contributed by atoms with van der Waals surface area (Å²) < 4.78 is 27.3. The molecule has 2 aliphatic heterocycles. The molecule has 0 bridgehead atoms. The summed E-state index contributed by atoms with van der Waals surface area (Å²) >= 11 is 0. The van der Waals surface area contributed by atoms with Gasteiger partial charge in [-0.05, 0) is 42.8 Å². The average Bonchev–Trinajstić information content (AvgIpc) is 2.88. The third kappa shape index (κ3) is 2.37. The largest absolute Gasteiger partial charge is 0.325 e. The number of nitrogens with one attached hydrogen (secondary N) is 2. The molecule has 0 fully saturated rings. The first-order chi connectivity index (χ1) is 11.9. The van der Waals surface area contributed by atoms with E-state index in [1.54, 1.807) is 37.3 Å². The SMILES string of the molecule is C[C@@H]1C(=O)Nc2ccc(S(=O)(=O)N3CC(=O)Nc4ccccc43)cc21. The minimum Gasteiger partial charge on any atom is -0.325 e. The number of fused-ring (bicyclic) bond motifs is 2. The summed E-state index contributed by atoms with van der Waals surface area (Å²) in [6.45, 7) is 1.43. The molecule has 2 aromatic rings. The Morgan fingerprint density at radius 3 is 2.60 bits per heavy atom. The van der Waals surface area contributed by atoms with Gasteiger partial charge in [0.05, 0.1) is 22.2 Å². The second-order valence-corrected chi connectivity index (χ2v) is 7.90. The van der Waals surface area contributed by atoms with Crippen LogP contribution in [0.5, 0.6) is 0 Å². The molecule has 2 aromatic carbocycles. The highest BCUT2D eigenvalue weighted by molar-refractivity contribution is 7.92. The van der Waals surface area contributed by atoms with Crippen molar-refractivity contribution in [3.63, 3.8) is 0 Å². The van der Waals surface area contributed by atoms with Gasteiger partial charge in [0.25, 0.3) is 10.0 Å². The van der Waals surface area contributed by atoms with Crippen LogP contribution in [0.1, 0.15) is 18.4 Å². The normalized spacial score (nSPS) is 19.1. The highest BCUT2D eigenvalue weighted by atomic mass is 32.2. The summed E-state index contributed by atoms with van der Waals surface area (Å²) in [6, 6.07) is 11.3. The van der Waals surface area contributed by atoms with Crippen molar-refractivity contribution < 1.29 is 18.0 Å². The number of nitrogens with zero attached hydrogens (tertiary/aromatic N) is 1. The van der Waals surface area contributed by atoms with E-state index in [4.69, 9.17) is 0 Å². The molecule has 128 valence electrons. The summed E-state index contributed by atoms with van der Waals surface area (Å²) in [4.78, 5) is 23.8. The van der Waals surface area contributed by atoms with E-state index >= 15 is 0 Å². The molecule has 7 nitrogen and oxygen atoms in total. The number of carbonyl (C=O) groups excluding carboxylic acids is 2. The number of benzene rings is 2. The van der Waals surface area contributed by atoms with E-state index in [1.165, 1.54) is 12.1 Å². The van der Waals surface area contributed by atoms with Crippen LogP contribution in [0, 0.1) is 0 Å². The van der Waals surface area contributed by atoms with Gasteiger partial charge in [-0.15, -0.1) is 0 Å².